The smallest absolute Gasteiger partial charge is 0.231 e. The Bertz CT molecular complexity index is 519. The van der Waals surface area contributed by atoms with Gasteiger partial charge in [-0.2, -0.15) is 0 Å². The van der Waals surface area contributed by atoms with Crippen LogP contribution in [-0.4, -0.2) is 11.8 Å². The average molecular weight is 246 g/mol. The molecule has 1 aliphatic heterocycles. The molecule has 3 rings (SSSR count). The van der Waals surface area contributed by atoms with Gasteiger partial charge in [0, 0.05) is 14.9 Å². The summed E-state index contributed by atoms with van der Waals surface area (Å²) in [4.78, 5) is 4.05. The molecule has 0 amide bonds. The Morgan fingerprint density at radius 3 is 3.00 bits per heavy atom. The first-order chi connectivity index (χ1) is 8.42. The summed E-state index contributed by atoms with van der Waals surface area (Å²) in [5, 5.41) is 4.50. The summed E-state index contributed by atoms with van der Waals surface area (Å²) < 4.78 is 10.6. The highest BCUT2D eigenvalue weighted by Gasteiger charge is 2.12. The Kier molecular flexibility index (Phi) is 2.80. The molecule has 5 heteroatoms. The van der Waals surface area contributed by atoms with E-state index in [1.54, 1.807) is 12.4 Å². The molecule has 1 unspecified atom stereocenters. The lowest BCUT2D eigenvalue weighted by atomic mass is 10.3. The third kappa shape index (κ3) is 2.32. The summed E-state index contributed by atoms with van der Waals surface area (Å²) in [5.41, 5.74) is 1.02. The van der Waals surface area contributed by atoms with Gasteiger partial charge in [-0.05, 0) is 35.6 Å². The highest BCUT2D eigenvalue weighted by atomic mass is 31.1. The van der Waals surface area contributed by atoms with Crippen molar-refractivity contribution in [2.24, 2.45) is 0 Å². The zero-order valence-corrected chi connectivity index (χ0v) is 10.0. The van der Waals surface area contributed by atoms with Gasteiger partial charge in [0.15, 0.2) is 11.5 Å². The number of fused-ring (bicyclic) bond motifs is 1. The molecule has 1 aromatic carbocycles. The summed E-state index contributed by atoms with van der Waals surface area (Å²) in [5.74, 6) is 1.64. The lowest BCUT2D eigenvalue weighted by Gasteiger charge is -2.06. The van der Waals surface area contributed by atoms with E-state index in [0.29, 0.717) is 15.5 Å². The van der Waals surface area contributed by atoms with Crippen LogP contribution >= 0.6 is 8.73 Å². The van der Waals surface area contributed by atoms with E-state index < -0.39 is 0 Å². The van der Waals surface area contributed by atoms with Gasteiger partial charge in [-0.1, -0.05) is 0 Å². The Balaban J connectivity index is 1.70. The van der Waals surface area contributed by atoms with E-state index in [2.05, 4.69) is 10.1 Å². The van der Waals surface area contributed by atoms with Crippen LogP contribution in [0, 0.1) is 0 Å². The second-order valence-corrected chi connectivity index (χ2v) is 4.64. The van der Waals surface area contributed by atoms with E-state index in [0.717, 1.165) is 17.2 Å². The summed E-state index contributed by atoms with van der Waals surface area (Å²) in [6, 6.07) is 9.88. The minimum absolute atomic E-state index is 0.317. The normalized spacial score (nSPS) is 13.2. The second-order valence-electron chi connectivity index (χ2n) is 3.56. The van der Waals surface area contributed by atoms with Gasteiger partial charge in [0.2, 0.25) is 6.79 Å². The first-order valence-electron chi connectivity index (χ1n) is 5.23. The van der Waals surface area contributed by atoms with Gasteiger partial charge in [0.05, 0.1) is 11.9 Å². The van der Waals surface area contributed by atoms with Gasteiger partial charge in [0.1, 0.15) is 0 Å². The van der Waals surface area contributed by atoms with Crippen molar-refractivity contribution < 1.29 is 9.47 Å². The van der Waals surface area contributed by atoms with E-state index in [9.17, 15) is 0 Å². The Morgan fingerprint density at radius 2 is 2.12 bits per heavy atom. The molecule has 4 nitrogen and oxygen atoms in total. The SMILES string of the molecule is c1cncc(NPc2ccc3c(c2)OCO3)c1. The van der Waals surface area contributed by atoms with Gasteiger partial charge in [0.25, 0.3) is 0 Å². The van der Waals surface area contributed by atoms with Crippen molar-refractivity contribution in [3.8, 4) is 11.5 Å². The van der Waals surface area contributed by atoms with E-state index in [1.165, 1.54) is 5.30 Å². The maximum absolute atomic E-state index is 5.33. The third-order valence-electron chi connectivity index (χ3n) is 2.39. The van der Waals surface area contributed by atoms with Crippen molar-refractivity contribution in [3.63, 3.8) is 0 Å². The molecular formula is C12H11N2O2P. The molecule has 86 valence electrons. The molecule has 1 aromatic heterocycles. The van der Waals surface area contributed by atoms with E-state index in [4.69, 9.17) is 9.47 Å². The van der Waals surface area contributed by atoms with Crippen molar-refractivity contribution in [1.82, 2.24) is 4.98 Å². The van der Waals surface area contributed by atoms with Crippen LogP contribution in [0.4, 0.5) is 5.69 Å². The fourth-order valence-corrected chi connectivity index (χ4v) is 2.36. The highest BCUT2D eigenvalue weighted by Crippen LogP contribution is 2.31. The van der Waals surface area contributed by atoms with Crippen LogP contribution in [0.5, 0.6) is 11.5 Å². The van der Waals surface area contributed by atoms with Crippen LogP contribution in [0.25, 0.3) is 0 Å². The minimum Gasteiger partial charge on any atom is -0.454 e. The first kappa shape index (κ1) is 10.4. The summed E-state index contributed by atoms with van der Waals surface area (Å²) in [6.07, 6.45) is 3.56. The van der Waals surface area contributed by atoms with E-state index in [1.807, 2.05) is 30.3 Å². The van der Waals surface area contributed by atoms with Crippen LogP contribution < -0.4 is 19.9 Å². The summed E-state index contributed by atoms with van der Waals surface area (Å²) >= 11 is 0. The Morgan fingerprint density at radius 1 is 1.18 bits per heavy atom. The first-order valence-corrected chi connectivity index (χ1v) is 6.23. The van der Waals surface area contributed by atoms with Gasteiger partial charge in [-0.15, -0.1) is 0 Å². The van der Waals surface area contributed by atoms with Crippen molar-refractivity contribution in [3.05, 3.63) is 42.7 Å². The van der Waals surface area contributed by atoms with Crippen LogP contribution in [0.3, 0.4) is 0 Å². The molecule has 2 heterocycles. The van der Waals surface area contributed by atoms with Gasteiger partial charge >= 0.3 is 0 Å². The number of hydrogen-bond acceptors (Lipinski definition) is 4. The fourth-order valence-electron chi connectivity index (χ4n) is 1.56. The zero-order chi connectivity index (χ0) is 11.5. The molecule has 0 spiro atoms. The number of nitrogens with zero attached hydrogens (tertiary/aromatic N) is 1. The van der Waals surface area contributed by atoms with Crippen molar-refractivity contribution in [1.29, 1.82) is 0 Å². The molecule has 0 radical (unpaired) electrons. The molecule has 0 saturated carbocycles. The number of anilines is 1. The van der Waals surface area contributed by atoms with Crippen LogP contribution in [-0.2, 0) is 0 Å². The molecule has 2 aromatic rings. The lowest BCUT2D eigenvalue weighted by Crippen LogP contribution is -1.98. The molecule has 1 aliphatic rings. The zero-order valence-electron chi connectivity index (χ0n) is 9.01. The predicted molar refractivity (Wildman–Crippen MR) is 68.4 cm³/mol. The van der Waals surface area contributed by atoms with Crippen LogP contribution in [0.1, 0.15) is 0 Å². The minimum atomic E-state index is 0.317. The van der Waals surface area contributed by atoms with E-state index >= 15 is 0 Å². The fraction of sp³-hybridized carbons (Fsp3) is 0.0833. The maximum atomic E-state index is 5.33. The largest absolute Gasteiger partial charge is 0.454 e. The number of pyridine rings is 1. The number of nitrogens with one attached hydrogen (secondary N) is 1. The molecule has 17 heavy (non-hydrogen) atoms. The Hall–Kier alpha value is -1.80. The van der Waals surface area contributed by atoms with Crippen molar-refractivity contribution in [2.45, 2.75) is 0 Å². The highest BCUT2D eigenvalue weighted by molar-refractivity contribution is 7.48. The quantitative estimate of drug-likeness (QED) is 0.843. The molecule has 0 aliphatic carbocycles. The Labute approximate surface area is 101 Å². The van der Waals surface area contributed by atoms with Gasteiger partial charge in [-0.3, -0.25) is 4.98 Å². The number of ether oxygens (including phenoxy) is 2. The average Bonchev–Trinajstić information content (AvgIpc) is 2.85. The van der Waals surface area contributed by atoms with Gasteiger partial charge < -0.3 is 14.6 Å². The predicted octanol–water partition coefficient (Wildman–Crippen LogP) is 2.14. The van der Waals surface area contributed by atoms with Crippen LogP contribution in [0.15, 0.2) is 42.7 Å². The van der Waals surface area contributed by atoms with Crippen molar-refractivity contribution >= 4 is 19.7 Å². The molecule has 0 saturated heterocycles. The van der Waals surface area contributed by atoms with Crippen LogP contribution in [0.2, 0.25) is 0 Å². The number of hydrogen-bond donors (Lipinski definition) is 1. The topological polar surface area (TPSA) is 43.4 Å². The summed E-state index contributed by atoms with van der Waals surface area (Å²) in [6.45, 7) is 0.317. The molecule has 0 fully saturated rings. The monoisotopic (exact) mass is 246 g/mol. The second kappa shape index (κ2) is 4.60. The number of benzene rings is 1. The standard InChI is InChI=1S/C12H11N2O2P/c1-2-9(7-13-5-1)14-17-10-3-4-11-12(6-10)16-8-15-11/h1-7,14,17H,8H2. The molecular weight excluding hydrogens is 235 g/mol. The third-order valence-corrected chi connectivity index (χ3v) is 3.40. The molecule has 1 N–H and O–H groups in total. The number of aromatic nitrogens is 1. The molecule has 1 atom stereocenters. The molecule has 0 bridgehead atoms. The lowest BCUT2D eigenvalue weighted by molar-refractivity contribution is 0.174. The van der Waals surface area contributed by atoms with Crippen molar-refractivity contribution in [2.75, 3.05) is 11.9 Å². The summed E-state index contributed by atoms with van der Waals surface area (Å²) in [7, 11) is 0.480. The number of rotatable bonds is 3. The van der Waals surface area contributed by atoms with Gasteiger partial charge in [-0.25, -0.2) is 0 Å². The van der Waals surface area contributed by atoms with E-state index in [-0.39, 0.29) is 0 Å². The maximum Gasteiger partial charge on any atom is 0.231 e.